The van der Waals surface area contributed by atoms with Crippen LogP contribution in [0.4, 0.5) is 5.69 Å². The van der Waals surface area contributed by atoms with Gasteiger partial charge in [-0.1, -0.05) is 60.7 Å². The largest absolute Gasteiger partial charge is 0.485 e. The Labute approximate surface area is 225 Å². The third-order valence-electron chi connectivity index (χ3n) is 4.98. The SMILES string of the molecule is O=C(O)c1ccc(N/N=C/c2ccc(OCc3ccccc3)c(OCc3ccccc3)c2)cc1.O=S(=O)(O)O. The minimum Gasteiger partial charge on any atom is -0.485 e. The zero-order chi connectivity index (χ0) is 28.1. The molecule has 0 spiro atoms. The molecule has 0 unspecified atom stereocenters. The van der Waals surface area contributed by atoms with Crippen LogP contribution in [-0.4, -0.2) is 34.8 Å². The van der Waals surface area contributed by atoms with Gasteiger partial charge in [-0.3, -0.25) is 14.5 Å². The van der Waals surface area contributed by atoms with E-state index >= 15 is 0 Å². The van der Waals surface area contributed by atoms with Crippen LogP contribution in [0.5, 0.6) is 11.5 Å². The van der Waals surface area contributed by atoms with Crippen LogP contribution in [0, 0.1) is 0 Å². The first kappa shape index (κ1) is 28.9. The number of nitrogens with one attached hydrogen (secondary N) is 1. The number of carboxylic acids is 1. The standard InChI is InChI=1S/C28H24N2O4.H2O4S/c31-28(32)24-12-14-25(15-13-24)30-29-18-23-11-16-26(33-19-21-7-3-1-4-8-21)27(17-23)34-20-22-9-5-2-6-10-22;1-5(2,3)4/h1-18,30H,19-20H2,(H,31,32);(H2,1,2,3,4)/b29-18+;. The number of carbonyl (C=O) groups is 1. The molecule has 0 bridgehead atoms. The molecule has 4 aromatic carbocycles. The highest BCUT2D eigenvalue weighted by Gasteiger charge is 2.08. The second kappa shape index (κ2) is 14.3. The molecule has 0 heterocycles. The summed E-state index contributed by atoms with van der Waals surface area (Å²) in [6, 6.07) is 31.9. The summed E-state index contributed by atoms with van der Waals surface area (Å²) < 4.78 is 43.7. The second-order valence-corrected chi connectivity index (χ2v) is 8.85. The average molecular weight is 551 g/mol. The van der Waals surface area contributed by atoms with Crippen LogP contribution >= 0.6 is 0 Å². The number of hydrogen-bond donors (Lipinski definition) is 4. The normalized spacial score (nSPS) is 10.8. The van der Waals surface area contributed by atoms with Crippen molar-refractivity contribution in [1.29, 1.82) is 0 Å². The van der Waals surface area contributed by atoms with Crippen LogP contribution in [0.2, 0.25) is 0 Å². The van der Waals surface area contributed by atoms with Gasteiger partial charge in [0.15, 0.2) is 11.5 Å². The smallest absolute Gasteiger partial charge is 0.394 e. The zero-order valence-electron chi connectivity index (χ0n) is 20.5. The Hall–Kier alpha value is -4.71. The van der Waals surface area contributed by atoms with E-state index in [1.807, 2.05) is 78.9 Å². The molecule has 0 aliphatic heterocycles. The van der Waals surface area contributed by atoms with Gasteiger partial charge in [-0.25, -0.2) is 4.79 Å². The highest BCUT2D eigenvalue weighted by atomic mass is 32.3. The van der Waals surface area contributed by atoms with Gasteiger partial charge in [0.2, 0.25) is 0 Å². The fourth-order valence-corrected chi connectivity index (χ4v) is 3.18. The Kier molecular flexibility index (Phi) is 10.6. The number of benzene rings is 4. The van der Waals surface area contributed by atoms with E-state index in [-0.39, 0.29) is 5.56 Å². The van der Waals surface area contributed by atoms with Gasteiger partial charge in [0, 0.05) is 0 Å². The average Bonchev–Trinajstić information content (AvgIpc) is 2.92. The molecule has 0 radical (unpaired) electrons. The molecule has 0 fully saturated rings. The topological polar surface area (TPSA) is 155 Å². The van der Waals surface area contributed by atoms with Crippen LogP contribution in [0.3, 0.4) is 0 Å². The highest BCUT2D eigenvalue weighted by Crippen LogP contribution is 2.30. The Balaban J connectivity index is 0.000000771. The molecule has 0 aromatic heterocycles. The van der Waals surface area contributed by atoms with E-state index in [1.165, 1.54) is 12.1 Å². The van der Waals surface area contributed by atoms with Gasteiger partial charge in [-0.2, -0.15) is 13.5 Å². The first-order valence-electron chi connectivity index (χ1n) is 11.5. The van der Waals surface area contributed by atoms with Crippen LogP contribution < -0.4 is 14.9 Å². The molecule has 11 heteroatoms. The van der Waals surface area contributed by atoms with Gasteiger partial charge < -0.3 is 14.6 Å². The Bertz CT molecular complexity index is 1470. The second-order valence-electron chi connectivity index (χ2n) is 7.96. The number of nitrogens with zero attached hydrogens (tertiary/aromatic N) is 1. The van der Waals surface area contributed by atoms with Gasteiger partial charge in [0.05, 0.1) is 17.5 Å². The van der Waals surface area contributed by atoms with Gasteiger partial charge in [0.25, 0.3) is 0 Å². The Morgan fingerprint density at radius 2 is 1.28 bits per heavy atom. The minimum absolute atomic E-state index is 0.223. The summed E-state index contributed by atoms with van der Waals surface area (Å²) in [6.45, 7) is 0.848. The van der Waals surface area contributed by atoms with E-state index in [9.17, 15) is 4.79 Å². The molecule has 202 valence electrons. The zero-order valence-corrected chi connectivity index (χ0v) is 21.4. The minimum atomic E-state index is -4.67. The van der Waals surface area contributed by atoms with Crippen LogP contribution in [0.1, 0.15) is 27.0 Å². The monoisotopic (exact) mass is 550 g/mol. The Morgan fingerprint density at radius 3 is 1.79 bits per heavy atom. The Morgan fingerprint density at radius 1 is 0.769 bits per heavy atom. The van der Waals surface area contributed by atoms with Crippen molar-refractivity contribution in [2.24, 2.45) is 5.10 Å². The predicted molar refractivity (Wildman–Crippen MR) is 147 cm³/mol. The predicted octanol–water partition coefficient (Wildman–Crippen LogP) is 5.34. The number of hydrazone groups is 1. The van der Waals surface area contributed by atoms with Crippen molar-refractivity contribution in [1.82, 2.24) is 0 Å². The van der Waals surface area contributed by atoms with E-state index in [0.717, 1.165) is 16.7 Å². The molecule has 0 saturated carbocycles. The van der Waals surface area contributed by atoms with Gasteiger partial charge in [-0.15, -0.1) is 0 Å². The third-order valence-corrected chi connectivity index (χ3v) is 4.98. The van der Waals surface area contributed by atoms with E-state index in [4.69, 9.17) is 32.1 Å². The number of hydrogen-bond acceptors (Lipinski definition) is 7. The maximum atomic E-state index is 11.0. The van der Waals surface area contributed by atoms with E-state index in [0.29, 0.717) is 30.4 Å². The fraction of sp³-hybridized carbons (Fsp3) is 0.0714. The summed E-state index contributed by atoms with van der Waals surface area (Å²) in [7, 11) is -4.67. The summed E-state index contributed by atoms with van der Waals surface area (Å²) in [6.07, 6.45) is 1.67. The van der Waals surface area contributed by atoms with Crippen LogP contribution in [0.15, 0.2) is 108 Å². The van der Waals surface area contributed by atoms with E-state index in [2.05, 4.69) is 10.5 Å². The molecular formula is C28H26N2O8S. The first-order chi connectivity index (χ1) is 18.7. The van der Waals surface area contributed by atoms with Crippen molar-refractivity contribution in [2.45, 2.75) is 13.2 Å². The molecule has 0 atom stereocenters. The van der Waals surface area contributed by atoms with Gasteiger partial charge in [0.1, 0.15) is 13.2 Å². The molecule has 0 amide bonds. The summed E-state index contributed by atoms with van der Waals surface area (Å²) in [4.78, 5) is 11.0. The maximum Gasteiger partial charge on any atom is 0.394 e. The lowest BCUT2D eigenvalue weighted by Crippen LogP contribution is -2.01. The lowest BCUT2D eigenvalue weighted by atomic mass is 10.2. The molecule has 10 nitrogen and oxygen atoms in total. The number of carboxylic acid groups (broad SMARTS) is 1. The summed E-state index contributed by atoms with van der Waals surface area (Å²) in [5.74, 6) is 0.302. The van der Waals surface area contributed by atoms with Gasteiger partial charge in [-0.05, 0) is 59.2 Å². The van der Waals surface area contributed by atoms with E-state index in [1.54, 1.807) is 18.3 Å². The molecule has 0 aliphatic carbocycles. The van der Waals surface area contributed by atoms with Crippen molar-refractivity contribution in [3.8, 4) is 11.5 Å². The molecule has 0 aliphatic rings. The quantitative estimate of drug-likeness (QED) is 0.116. The molecule has 4 rings (SSSR count). The number of anilines is 1. The van der Waals surface area contributed by atoms with Crippen molar-refractivity contribution >= 4 is 28.3 Å². The van der Waals surface area contributed by atoms with Crippen LogP contribution in [0.25, 0.3) is 0 Å². The molecular weight excluding hydrogens is 524 g/mol. The first-order valence-corrected chi connectivity index (χ1v) is 12.9. The van der Waals surface area contributed by atoms with Crippen molar-refractivity contribution in [2.75, 3.05) is 5.43 Å². The maximum absolute atomic E-state index is 11.0. The molecule has 4 aromatic rings. The van der Waals surface area contributed by atoms with Crippen LogP contribution in [-0.2, 0) is 23.6 Å². The fourth-order valence-electron chi connectivity index (χ4n) is 3.18. The number of rotatable bonds is 10. The number of aromatic carboxylic acids is 1. The lowest BCUT2D eigenvalue weighted by Gasteiger charge is -2.14. The third kappa shape index (κ3) is 11.1. The summed E-state index contributed by atoms with van der Waals surface area (Å²) >= 11 is 0. The van der Waals surface area contributed by atoms with Gasteiger partial charge >= 0.3 is 16.4 Å². The van der Waals surface area contributed by atoms with Crippen molar-refractivity contribution in [3.05, 3.63) is 125 Å². The molecule has 4 N–H and O–H groups in total. The lowest BCUT2D eigenvalue weighted by molar-refractivity contribution is 0.0697. The molecule has 0 saturated heterocycles. The van der Waals surface area contributed by atoms with E-state index < -0.39 is 16.4 Å². The highest BCUT2D eigenvalue weighted by molar-refractivity contribution is 7.79. The van der Waals surface area contributed by atoms with Crippen molar-refractivity contribution < 1.29 is 36.9 Å². The van der Waals surface area contributed by atoms with Crippen molar-refractivity contribution in [3.63, 3.8) is 0 Å². The summed E-state index contributed by atoms with van der Waals surface area (Å²) in [5.41, 5.74) is 6.76. The molecule has 39 heavy (non-hydrogen) atoms. The number of ether oxygens (including phenoxy) is 2. The summed E-state index contributed by atoms with van der Waals surface area (Å²) in [5, 5.41) is 13.2.